The summed E-state index contributed by atoms with van der Waals surface area (Å²) in [7, 11) is 1.09. The molecule has 0 spiro atoms. The summed E-state index contributed by atoms with van der Waals surface area (Å²) < 4.78 is 9.81. The van der Waals surface area contributed by atoms with Crippen molar-refractivity contribution in [2.45, 2.75) is 20.3 Å². The standard InChI is InChI=1S/C15H17ClO5/c1-4-5-21-14-6-9(2)11(16)7-10(14)12(17)8-13(18)15(19)20-3/h6-8,17H,4-5H2,1-3H3/b12-8-. The van der Waals surface area contributed by atoms with Gasteiger partial charge in [0.2, 0.25) is 0 Å². The minimum absolute atomic E-state index is 0.247. The largest absolute Gasteiger partial charge is 0.507 e. The highest BCUT2D eigenvalue weighted by molar-refractivity contribution is 6.39. The minimum atomic E-state index is -1.06. The van der Waals surface area contributed by atoms with E-state index in [0.29, 0.717) is 17.4 Å². The second-order valence-electron chi connectivity index (χ2n) is 4.33. The smallest absolute Gasteiger partial charge is 0.378 e. The van der Waals surface area contributed by atoms with Crippen LogP contribution in [0.4, 0.5) is 0 Å². The van der Waals surface area contributed by atoms with Gasteiger partial charge in [0.25, 0.3) is 5.78 Å². The highest BCUT2D eigenvalue weighted by Crippen LogP contribution is 2.31. The lowest BCUT2D eigenvalue weighted by molar-refractivity contribution is -0.149. The van der Waals surface area contributed by atoms with Gasteiger partial charge in [-0.2, -0.15) is 0 Å². The Labute approximate surface area is 128 Å². The number of ketones is 1. The Hall–Kier alpha value is -2.01. The average Bonchev–Trinajstić information content (AvgIpc) is 2.46. The van der Waals surface area contributed by atoms with E-state index in [4.69, 9.17) is 16.3 Å². The Morgan fingerprint density at radius 3 is 2.62 bits per heavy atom. The fourth-order valence-electron chi connectivity index (χ4n) is 1.55. The van der Waals surface area contributed by atoms with E-state index in [-0.39, 0.29) is 5.56 Å². The van der Waals surface area contributed by atoms with E-state index >= 15 is 0 Å². The summed E-state index contributed by atoms with van der Waals surface area (Å²) in [6.07, 6.45) is 1.57. The van der Waals surface area contributed by atoms with Crippen molar-refractivity contribution in [2.24, 2.45) is 0 Å². The first kappa shape index (κ1) is 17.0. The number of hydrogen-bond acceptors (Lipinski definition) is 5. The van der Waals surface area contributed by atoms with Crippen molar-refractivity contribution in [3.63, 3.8) is 0 Å². The van der Waals surface area contributed by atoms with Gasteiger partial charge in [-0.3, -0.25) is 4.79 Å². The van der Waals surface area contributed by atoms with E-state index in [1.165, 1.54) is 6.07 Å². The molecule has 0 unspecified atom stereocenters. The quantitative estimate of drug-likeness (QED) is 0.378. The van der Waals surface area contributed by atoms with Crippen LogP contribution in [0.5, 0.6) is 5.75 Å². The highest BCUT2D eigenvalue weighted by Gasteiger charge is 2.16. The van der Waals surface area contributed by atoms with E-state index in [2.05, 4.69) is 4.74 Å². The van der Waals surface area contributed by atoms with Crippen LogP contribution in [-0.4, -0.2) is 30.6 Å². The Kier molecular flexibility index (Phi) is 6.24. The molecule has 0 heterocycles. The summed E-state index contributed by atoms with van der Waals surface area (Å²) in [6.45, 7) is 4.19. The first-order chi connectivity index (χ1) is 9.90. The molecular weight excluding hydrogens is 296 g/mol. The number of ether oxygens (including phenoxy) is 2. The molecule has 0 bridgehead atoms. The van der Waals surface area contributed by atoms with Gasteiger partial charge in [0.05, 0.1) is 19.3 Å². The molecule has 114 valence electrons. The third-order valence-corrected chi connectivity index (χ3v) is 3.06. The summed E-state index contributed by atoms with van der Waals surface area (Å²) >= 11 is 6.02. The third kappa shape index (κ3) is 4.49. The van der Waals surface area contributed by atoms with Gasteiger partial charge in [-0.15, -0.1) is 0 Å². The van der Waals surface area contributed by atoms with Crippen LogP contribution in [0.3, 0.4) is 0 Å². The second kappa shape index (κ2) is 7.69. The van der Waals surface area contributed by atoms with Crippen molar-refractivity contribution in [3.8, 4) is 5.75 Å². The van der Waals surface area contributed by atoms with E-state index in [1.54, 1.807) is 13.0 Å². The van der Waals surface area contributed by atoms with Crippen LogP contribution in [0.1, 0.15) is 24.5 Å². The molecule has 0 saturated heterocycles. The van der Waals surface area contributed by atoms with Gasteiger partial charge in [-0.1, -0.05) is 18.5 Å². The third-order valence-electron chi connectivity index (χ3n) is 2.65. The number of aliphatic hydroxyl groups is 1. The molecule has 0 fully saturated rings. The van der Waals surface area contributed by atoms with Gasteiger partial charge in [-0.25, -0.2) is 4.79 Å². The molecular formula is C15H17ClO5. The summed E-state index contributed by atoms with van der Waals surface area (Å²) in [5.74, 6) is -2.03. The molecule has 21 heavy (non-hydrogen) atoms. The first-order valence-corrected chi connectivity index (χ1v) is 6.74. The maximum Gasteiger partial charge on any atom is 0.378 e. The zero-order chi connectivity index (χ0) is 16.0. The molecule has 0 amide bonds. The van der Waals surface area contributed by atoms with Gasteiger partial charge < -0.3 is 14.6 Å². The maximum absolute atomic E-state index is 11.5. The van der Waals surface area contributed by atoms with E-state index in [0.717, 1.165) is 25.2 Å². The lowest BCUT2D eigenvalue weighted by atomic mass is 10.1. The van der Waals surface area contributed by atoms with E-state index < -0.39 is 17.5 Å². The van der Waals surface area contributed by atoms with Crippen LogP contribution < -0.4 is 4.74 Å². The lowest BCUT2D eigenvalue weighted by Gasteiger charge is -2.12. The zero-order valence-electron chi connectivity index (χ0n) is 12.1. The first-order valence-electron chi connectivity index (χ1n) is 6.37. The Balaban J connectivity index is 3.20. The van der Waals surface area contributed by atoms with E-state index in [9.17, 15) is 14.7 Å². The molecule has 0 atom stereocenters. The Morgan fingerprint density at radius 1 is 1.38 bits per heavy atom. The maximum atomic E-state index is 11.5. The number of hydrogen-bond donors (Lipinski definition) is 1. The molecule has 0 aliphatic rings. The van der Waals surface area contributed by atoms with Gasteiger partial charge in [-0.05, 0) is 31.0 Å². The molecule has 0 aliphatic carbocycles. The number of carbonyl (C=O) groups is 2. The molecule has 1 aromatic carbocycles. The van der Waals surface area contributed by atoms with Crippen LogP contribution >= 0.6 is 11.6 Å². The van der Waals surface area contributed by atoms with Gasteiger partial charge in [0.1, 0.15) is 11.5 Å². The van der Waals surface area contributed by atoms with Crippen molar-refractivity contribution in [3.05, 3.63) is 34.4 Å². The summed E-state index contributed by atoms with van der Waals surface area (Å²) in [4.78, 5) is 22.5. The van der Waals surface area contributed by atoms with Gasteiger partial charge >= 0.3 is 5.97 Å². The average molecular weight is 313 g/mol. The predicted molar refractivity (Wildman–Crippen MR) is 79.6 cm³/mol. The van der Waals surface area contributed by atoms with Crippen molar-refractivity contribution >= 4 is 29.1 Å². The molecule has 1 aromatic rings. The SMILES string of the molecule is CCCOc1cc(C)c(Cl)cc1/C(O)=C/C(=O)C(=O)OC. The number of halogens is 1. The van der Waals surface area contributed by atoms with Crippen LogP contribution in [0, 0.1) is 6.92 Å². The molecule has 0 aliphatic heterocycles. The van der Waals surface area contributed by atoms with Crippen molar-refractivity contribution in [1.82, 2.24) is 0 Å². The molecule has 0 radical (unpaired) electrons. The van der Waals surface area contributed by atoms with Crippen LogP contribution in [0.25, 0.3) is 5.76 Å². The summed E-state index contributed by atoms with van der Waals surface area (Å²) in [5.41, 5.74) is 1.02. The normalized spacial score (nSPS) is 11.1. The summed E-state index contributed by atoms with van der Waals surface area (Å²) in [6, 6.07) is 3.15. The van der Waals surface area contributed by atoms with Crippen molar-refractivity contribution in [1.29, 1.82) is 0 Å². The number of esters is 1. The fourth-order valence-corrected chi connectivity index (χ4v) is 1.71. The number of aryl methyl sites for hydroxylation is 1. The molecule has 1 rings (SSSR count). The van der Waals surface area contributed by atoms with Crippen LogP contribution in [-0.2, 0) is 14.3 Å². The zero-order valence-corrected chi connectivity index (χ0v) is 12.9. The minimum Gasteiger partial charge on any atom is -0.507 e. The number of aliphatic hydroxyl groups excluding tert-OH is 1. The molecule has 5 nitrogen and oxygen atoms in total. The predicted octanol–water partition coefficient (Wildman–Crippen LogP) is 3.08. The monoisotopic (exact) mass is 312 g/mol. The number of methoxy groups -OCH3 is 1. The summed E-state index contributed by atoms with van der Waals surface area (Å²) in [5, 5.41) is 10.4. The molecule has 0 saturated carbocycles. The topological polar surface area (TPSA) is 72.8 Å². The molecule has 6 heteroatoms. The fraction of sp³-hybridized carbons (Fsp3) is 0.333. The van der Waals surface area contributed by atoms with Gasteiger partial charge in [0, 0.05) is 11.1 Å². The highest BCUT2D eigenvalue weighted by atomic mass is 35.5. The lowest BCUT2D eigenvalue weighted by Crippen LogP contribution is -2.13. The second-order valence-corrected chi connectivity index (χ2v) is 4.74. The molecule has 0 aromatic heterocycles. The Bertz CT molecular complexity index is 578. The van der Waals surface area contributed by atoms with Crippen LogP contribution in [0.15, 0.2) is 18.2 Å². The molecule has 1 N–H and O–H groups in total. The number of rotatable bonds is 6. The number of carbonyl (C=O) groups excluding carboxylic acids is 2. The van der Waals surface area contributed by atoms with Crippen LogP contribution in [0.2, 0.25) is 5.02 Å². The number of benzene rings is 1. The van der Waals surface area contributed by atoms with Gasteiger partial charge in [0.15, 0.2) is 0 Å². The van der Waals surface area contributed by atoms with Crippen molar-refractivity contribution in [2.75, 3.05) is 13.7 Å². The Morgan fingerprint density at radius 2 is 2.05 bits per heavy atom. The van der Waals surface area contributed by atoms with Crippen molar-refractivity contribution < 1.29 is 24.2 Å². The van der Waals surface area contributed by atoms with E-state index in [1.807, 2.05) is 6.92 Å².